The largest absolute Gasteiger partial charge is 0.351 e. The van der Waals surface area contributed by atoms with Crippen molar-refractivity contribution >= 4 is 28.5 Å². The fraction of sp³-hybridized carbons (Fsp3) is 0.364. The molecule has 0 saturated carbocycles. The van der Waals surface area contributed by atoms with Gasteiger partial charge in [0.15, 0.2) is 0 Å². The first-order chi connectivity index (χ1) is 8.17. The summed E-state index contributed by atoms with van der Waals surface area (Å²) in [5, 5.41) is 3.78. The quantitative estimate of drug-likeness (QED) is 0.849. The Labute approximate surface area is 104 Å². The Morgan fingerprint density at radius 3 is 2.94 bits per heavy atom. The SMILES string of the molecule is CCNC(=O)c1cc2cnc(Cl)nc2n1CC. The van der Waals surface area contributed by atoms with Crippen LogP contribution in [-0.4, -0.2) is 27.0 Å². The maximum Gasteiger partial charge on any atom is 0.267 e. The highest BCUT2D eigenvalue weighted by atomic mass is 35.5. The van der Waals surface area contributed by atoms with Gasteiger partial charge in [-0.3, -0.25) is 4.79 Å². The topological polar surface area (TPSA) is 59.8 Å². The summed E-state index contributed by atoms with van der Waals surface area (Å²) in [5.74, 6) is -0.108. The van der Waals surface area contributed by atoms with Crippen LogP contribution in [0.25, 0.3) is 11.0 Å². The second-order valence-corrected chi connectivity index (χ2v) is 3.89. The summed E-state index contributed by atoms with van der Waals surface area (Å²) in [6.07, 6.45) is 1.62. The lowest BCUT2D eigenvalue weighted by molar-refractivity contribution is 0.0947. The molecule has 0 radical (unpaired) electrons. The smallest absolute Gasteiger partial charge is 0.267 e. The molecular formula is C11H13ClN4O. The molecule has 0 atom stereocenters. The molecule has 0 aliphatic carbocycles. The summed E-state index contributed by atoms with van der Waals surface area (Å²) in [5.41, 5.74) is 1.27. The summed E-state index contributed by atoms with van der Waals surface area (Å²) in [4.78, 5) is 19.9. The second kappa shape index (κ2) is 4.71. The van der Waals surface area contributed by atoms with Crippen LogP contribution < -0.4 is 5.32 Å². The van der Waals surface area contributed by atoms with E-state index >= 15 is 0 Å². The zero-order valence-corrected chi connectivity index (χ0v) is 10.5. The number of hydrogen-bond donors (Lipinski definition) is 1. The van der Waals surface area contributed by atoms with E-state index in [9.17, 15) is 4.79 Å². The number of fused-ring (bicyclic) bond motifs is 1. The predicted octanol–water partition coefficient (Wildman–Crippen LogP) is 1.85. The van der Waals surface area contributed by atoms with E-state index in [-0.39, 0.29) is 11.2 Å². The molecule has 0 fully saturated rings. The minimum absolute atomic E-state index is 0.108. The molecule has 0 aliphatic heterocycles. The van der Waals surface area contributed by atoms with Crippen molar-refractivity contribution in [3.05, 3.63) is 23.2 Å². The van der Waals surface area contributed by atoms with Gasteiger partial charge in [-0.15, -0.1) is 0 Å². The molecular weight excluding hydrogens is 240 g/mol. The number of hydrogen-bond acceptors (Lipinski definition) is 3. The predicted molar refractivity (Wildman–Crippen MR) is 66.2 cm³/mol. The third kappa shape index (κ3) is 2.10. The molecule has 0 saturated heterocycles. The fourth-order valence-corrected chi connectivity index (χ4v) is 1.91. The molecule has 90 valence electrons. The molecule has 0 bridgehead atoms. The van der Waals surface area contributed by atoms with Crippen LogP contribution in [0.2, 0.25) is 5.28 Å². The third-order valence-corrected chi connectivity index (χ3v) is 2.67. The molecule has 2 aromatic heterocycles. The van der Waals surface area contributed by atoms with Crippen molar-refractivity contribution < 1.29 is 4.79 Å². The lowest BCUT2D eigenvalue weighted by Gasteiger charge is -2.06. The average molecular weight is 253 g/mol. The highest BCUT2D eigenvalue weighted by Crippen LogP contribution is 2.18. The van der Waals surface area contributed by atoms with E-state index in [0.29, 0.717) is 24.4 Å². The maximum atomic E-state index is 11.9. The first-order valence-corrected chi connectivity index (χ1v) is 5.85. The van der Waals surface area contributed by atoms with Crippen molar-refractivity contribution in [3.8, 4) is 0 Å². The van der Waals surface area contributed by atoms with Gasteiger partial charge >= 0.3 is 0 Å². The Kier molecular flexibility index (Phi) is 3.28. The molecule has 2 aromatic rings. The van der Waals surface area contributed by atoms with E-state index in [1.165, 1.54) is 0 Å². The number of aryl methyl sites for hydroxylation is 1. The Morgan fingerprint density at radius 1 is 1.53 bits per heavy atom. The normalized spacial score (nSPS) is 10.8. The summed E-state index contributed by atoms with van der Waals surface area (Å²) in [7, 11) is 0. The highest BCUT2D eigenvalue weighted by molar-refractivity contribution is 6.28. The zero-order valence-electron chi connectivity index (χ0n) is 9.70. The second-order valence-electron chi connectivity index (χ2n) is 3.55. The average Bonchev–Trinajstić information content (AvgIpc) is 2.67. The van der Waals surface area contributed by atoms with Crippen LogP contribution in [0.4, 0.5) is 0 Å². The van der Waals surface area contributed by atoms with E-state index in [2.05, 4.69) is 15.3 Å². The van der Waals surface area contributed by atoms with Crippen molar-refractivity contribution in [2.75, 3.05) is 6.54 Å². The summed E-state index contributed by atoms with van der Waals surface area (Å²) < 4.78 is 1.83. The summed E-state index contributed by atoms with van der Waals surface area (Å²) in [6, 6.07) is 1.78. The number of nitrogens with zero attached hydrogens (tertiary/aromatic N) is 3. The molecule has 1 amide bonds. The zero-order chi connectivity index (χ0) is 12.4. The van der Waals surface area contributed by atoms with Gasteiger partial charge in [0, 0.05) is 24.7 Å². The number of nitrogens with one attached hydrogen (secondary N) is 1. The first-order valence-electron chi connectivity index (χ1n) is 5.47. The monoisotopic (exact) mass is 252 g/mol. The third-order valence-electron chi connectivity index (χ3n) is 2.49. The van der Waals surface area contributed by atoms with Gasteiger partial charge in [-0.1, -0.05) is 0 Å². The fourth-order valence-electron chi connectivity index (χ4n) is 1.78. The van der Waals surface area contributed by atoms with Crippen LogP contribution in [0.15, 0.2) is 12.3 Å². The molecule has 0 aliphatic rings. The van der Waals surface area contributed by atoms with E-state index in [1.807, 2.05) is 18.4 Å². The molecule has 2 rings (SSSR count). The van der Waals surface area contributed by atoms with Gasteiger partial charge in [0.25, 0.3) is 5.91 Å². The van der Waals surface area contributed by atoms with Crippen LogP contribution in [0, 0.1) is 0 Å². The summed E-state index contributed by atoms with van der Waals surface area (Å²) in [6.45, 7) is 5.09. The van der Waals surface area contributed by atoms with E-state index < -0.39 is 0 Å². The number of aromatic nitrogens is 3. The summed E-state index contributed by atoms with van der Waals surface area (Å²) >= 11 is 5.76. The lowest BCUT2D eigenvalue weighted by atomic mass is 10.3. The molecule has 0 aromatic carbocycles. The molecule has 2 heterocycles. The number of halogens is 1. The van der Waals surface area contributed by atoms with Gasteiger partial charge in [-0.05, 0) is 31.5 Å². The van der Waals surface area contributed by atoms with Crippen molar-refractivity contribution in [2.24, 2.45) is 0 Å². The van der Waals surface area contributed by atoms with Gasteiger partial charge in [0.1, 0.15) is 11.3 Å². The molecule has 6 heteroatoms. The Balaban J connectivity index is 2.60. The molecule has 5 nitrogen and oxygen atoms in total. The van der Waals surface area contributed by atoms with Gasteiger partial charge in [-0.25, -0.2) is 4.98 Å². The molecule has 0 spiro atoms. The van der Waals surface area contributed by atoms with Gasteiger partial charge in [-0.2, -0.15) is 4.98 Å². The number of amides is 1. The van der Waals surface area contributed by atoms with Crippen molar-refractivity contribution in [1.29, 1.82) is 0 Å². The molecule has 17 heavy (non-hydrogen) atoms. The molecule has 1 N–H and O–H groups in total. The van der Waals surface area contributed by atoms with Crippen molar-refractivity contribution in [1.82, 2.24) is 19.9 Å². The minimum Gasteiger partial charge on any atom is -0.351 e. The Morgan fingerprint density at radius 2 is 2.29 bits per heavy atom. The minimum atomic E-state index is -0.108. The number of carbonyl (C=O) groups is 1. The van der Waals surface area contributed by atoms with E-state index in [4.69, 9.17) is 11.6 Å². The number of carbonyl (C=O) groups excluding carboxylic acids is 1. The number of rotatable bonds is 3. The van der Waals surface area contributed by atoms with Crippen molar-refractivity contribution in [3.63, 3.8) is 0 Å². The van der Waals surface area contributed by atoms with Crippen LogP contribution in [0.3, 0.4) is 0 Å². The molecule has 0 unspecified atom stereocenters. The van der Waals surface area contributed by atoms with Crippen LogP contribution in [-0.2, 0) is 6.54 Å². The van der Waals surface area contributed by atoms with Crippen molar-refractivity contribution in [2.45, 2.75) is 20.4 Å². The van der Waals surface area contributed by atoms with Crippen LogP contribution in [0.5, 0.6) is 0 Å². The Hall–Kier alpha value is -1.62. The van der Waals surface area contributed by atoms with E-state index in [1.54, 1.807) is 12.3 Å². The highest BCUT2D eigenvalue weighted by Gasteiger charge is 2.15. The lowest BCUT2D eigenvalue weighted by Crippen LogP contribution is -2.25. The first kappa shape index (κ1) is 11.9. The standard InChI is InChI=1S/C11H13ClN4O/c1-3-13-10(17)8-5-7-6-14-11(12)15-9(7)16(8)4-2/h5-6H,3-4H2,1-2H3,(H,13,17). The van der Waals surface area contributed by atoms with Crippen LogP contribution in [0.1, 0.15) is 24.3 Å². The van der Waals surface area contributed by atoms with Gasteiger partial charge < -0.3 is 9.88 Å². The maximum absolute atomic E-state index is 11.9. The Bertz CT molecular complexity index is 564. The van der Waals surface area contributed by atoms with Gasteiger partial charge in [0.05, 0.1) is 0 Å². The van der Waals surface area contributed by atoms with Crippen LogP contribution >= 0.6 is 11.6 Å². The van der Waals surface area contributed by atoms with E-state index in [0.717, 1.165) is 5.39 Å². The van der Waals surface area contributed by atoms with Gasteiger partial charge in [0.2, 0.25) is 5.28 Å².